The topological polar surface area (TPSA) is 90.4 Å². The van der Waals surface area contributed by atoms with Crippen molar-refractivity contribution in [1.82, 2.24) is 14.7 Å². The Balaban J connectivity index is 2.06. The van der Waals surface area contributed by atoms with E-state index in [0.29, 0.717) is 51.9 Å². The molecule has 3 saturated heterocycles. The van der Waals surface area contributed by atoms with Crippen molar-refractivity contribution in [3.8, 4) is 0 Å². The third-order valence-electron chi connectivity index (χ3n) is 8.59. The van der Waals surface area contributed by atoms with E-state index < -0.39 is 29.1 Å². The predicted octanol–water partition coefficient (Wildman–Crippen LogP) is 3.15. The molecule has 3 amide bonds. The van der Waals surface area contributed by atoms with Gasteiger partial charge in [0.2, 0.25) is 17.7 Å². The summed E-state index contributed by atoms with van der Waals surface area (Å²) < 4.78 is 6.86. The average Bonchev–Trinajstić information content (AvgIpc) is 3.49. The monoisotopic (exact) mass is 517 g/mol. The first-order valence-corrected chi connectivity index (χ1v) is 14.2. The number of hydrogen-bond acceptors (Lipinski definition) is 5. The van der Waals surface area contributed by atoms with E-state index in [1.54, 1.807) is 26.9 Å². The molecule has 0 radical (unpaired) electrons. The van der Waals surface area contributed by atoms with Crippen LogP contribution in [0.15, 0.2) is 25.3 Å². The Kier molecular flexibility index (Phi) is 9.98. The van der Waals surface area contributed by atoms with Crippen LogP contribution in [0.2, 0.25) is 0 Å². The van der Waals surface area contributed by atoms with E-state index in [9.17, 15) is 19.5 Å². The van der Waals surface area contributed by atoms with Gasteiger partial charge >= 0.3 is 0 Å². The normalized spacial score (nSPS) is 29.9. The van der Waals surface area contributed by atoms with Crippen molar-refractivity contribution in [2.45, 2.75) is 89.4 Å². The standard InChI is InChI=1S/C29H47N3O5/c1-6-11-12-19-31(18-9-4)27(36)24-29-15-14-28(10-5,37-29)22(25(34)30(16-7-2)17-8-3)23(29)26(35)32(24)20-13-21-33/h7,9,22-24,33H,2,4,6,8,10-21H2,1,3,5H3/t22-,23+,24?,28+,29?/m1/s1. The highest BCUT2D eigenvalue weighted by atomic mass is 16.5. The zero-order valence-corrected chi connectivity index (χ0v) is 23.1. The van der Waals surface area contributed by atoms with E-state index in [2.05, 4.69) is 20.1 Å². The van der Waals surface area contributed by atoms with Gasteiger partial charge < -0.3 is 24.5 Å². The van der Waals surface area contributed by atoms with Crippen molar-refractivity contribution >= 4 is 17.7 Å². The summed E-state index contributed by atoms with van der Waals surface area (Å²) >= 11 is 0. The third-order valence-corrected chi connectivity index (χ3v) is 8.59. The minimum Gasteiger partial charge on any atom is -0.396 e. The zero-order valence-electron chi connectivity index (χ0n) is 23.1. The van der Waals surface area contributed by atoms with Gasteiger partial charge in [0.15, 0.2) is 0 Å². The number of ether oxygens (including phenoxy) is 1. The summed E-state index contributed by atoms with van der Waals surface area (Å²) in [6.07, 6.45) is 9.35. The van der Waals surface area contributed by atoms with Crippen LogP contribution in [0.1, 0.15) is 72.1 Å². The largest absolute Gasteiger partial charge is 0.396 e. The van der Waals surface area contributed by atoms with E-state index in [0.717, 1.165) is 25.7 Å². The Morgan fingerprint density at radius 2 is 1.70 bits per heavy atom. The van der Waals surface area contributed by atoms with E-state index in [-0.39, 0.29) is 30.9 Å². The van der Waals surface area contributed by atoms with E-state index in [4.69, 9.17) is 4.74 Å². The molecule has 0 aliphatic carbocycles. The molecule has 8 heteroatoms. The fourth-order valence-corrected chi connectivity index (χ4v) is 6.94. The maximum Gasteiger partial charge on any atom is 0.248 e. The molecule has 0 saturated carbocycles. The van der Waals surface area contributed by atoms with Gasteiger partial charge in [0.1, 0.15) is 11.6 Å². The van der Waals surface area contributed by atoms with Gasteiger partial charge in [-0.15, -0.1) is 13.2 Å². The number of carbonyl (C=O) groups is 3. The van der Waals surface area contributed by atoms with Gasteiger partial charge in [-0.2, -0.15) is 0 Å². The number of likely N-dealkylation sites (tertiary alicyclic amines) is 1. The highest BCUT2D eigenvalue weighted by Crippen LogP contribution is 2.64. The lowest BCUT2D eigenvalue weighted by Crippen LogP contribution is -2.56. The average molecular weight is 518 g/mol. The lowest BCUT2D eigenvalue weighted by Gasteiger charge is -2.37. The van der Waals surface area contributed by atoms with Gasteiger partial charge in [-0.25, -0.2) is 0 Å². The predicted molar refractivity (Wildman–Crippen MR) is 144 cm³/mol. The summed E-state index contributed by atoms with van der Waals surface area (Å²) in [6.45, 7) is 16.0. The summed E-state index contributed by atoms with van der Waals surface area (Å²) in [7, 11) is 0. The van der Waals surface area contributed by atoms with E-state index in [1.807, 2.05) is 13.8 Å². The van der Waals surface area contributed by atoms with Crippen LogP contribution in [0.25, 0.3) is 0 Å². The van der Waals surface area contributed by atoms with E-state index in [1.165, 1.54) is 0 Å². The zero-order chi connectivity index (χ0) is 27.2. The summed E-state index contributed by atoms with van der Waals surface area (Å²) in [5.41, 5.74) is -1.78. The molecule has 1 spiro atoms. The number of amides is 3. The Morgan fingerprint density at radius 1 is 1.03 bits per heavy atom. The molecule has 3 aliphatic rings. The van der Waals surface area contributed by atoms with Crippen LogP contribution in [0.4, 0.5) is 0 Å². The molecular formula is C29H47N3O5. The first kappa shape index (κ1) is 29.4. The molecule has 0 aromatic heterocycles. The number of fused-ring (bicyclic) bond motifs is 1. The SMILES string of the molecule is C=CCN(CCCCC)C(=O)C1N(CCCO)C(=O)[C@@H]2[C@H](C(=O)N(CC=C)CCC)[C@]3(CC)CCC12O3. The van der Waals surface area contributed by atoms with Crippen LogP contribution in [0, 0.1) is 11.8 Å². The number of unbranched alkanes of at least 4 members (excludes halogenated alkanes) is 2. The number of aliphatic hydroxyl groups excluding tert-OH is 1. The minimum absolute atomic E-state index is 0.0791. The molecule has 8 nitrogen and oxygen atoms in total. The lowest BCUT2D eigenvalue weighted by molar-refractivity contribution is -0.155. The fourth-order valence-electron chi connectivity index (χ4n) is 6.94. The quantitative estimate of drug-likeness (QED) is 0.251. The molecule has 2 unspecified atom stereocenters. The van der Waals surface area contributed by atoms with Crippen LogP contribution in [-0.4, -0.2) is 94.1 Å². The molecule has 2 bridgehead atoms. The highest BCUT2D eigenvalue weighted by molar-refractivity contribution is 5.99. The highest BCUT2D eigenvalue weighted by Gasteiger charge is 2.78. The first-order valence-electron chi connectivity index (χ1n) is 14.2. The maximum absolute atomic E-state index is 14.2. The summed E-state index contributed by atoms with van der Waals surface area (Å²) in [6, 6.07) is -0.802. The smallest absolute Gasteiger partial charge is 0.248 e. The second-order valence-electron chi connectivity index (χ2n) is 10.8. The molecule has 3 rings (SSSR count). The fraction of sp³-hybridized carbons (Fsp3) is 0.759. The van der Waals surface area contributed by atoms with Crippen molar-refractivity contribution in [3.63, 3.8) is 0 Å². The third kappa shape index (κ3) is 5.11. The van der Waals surface area contributed by atoms with Crippen LogP contribution >= 0.6 is 0 Å². The molecular weight excluding hydrogens is 470 g/mol. The molecule has 3 aliphatic heterocycles. The molecule has 3 fully saturated rings. The Labute approximate surface area is 222 Å². The number of hydrogen-bond donors (Lipinski definition) is 1. The summed E-state index contributed by atoms with van der Waals surface area (Å²) in [5, 5.41) is 9.57. The van der Waals surface area contributed by atoms with Gasteiger partial charge in [0, 0.05) is 39.3 Å². The number of nitrogens with zero attached hydrogens (tertiary/aromatic N) is 3. The molecule has 0 aromatic rings. The number of aliphatic hydroxyl groups is 1. The van der Waals surface area contributed by atoms with Crippen molar-refractivity contribution in [2.24, 2.45) is 11.8 Å². The molecule has 0 aromatic carbocycles. The molecule has 1 N–H and O–H groups in total. The Hall–Kier alpha value is -2.19. The molecule has 37 heavy (non-hydrogen) atoms. The maximum atomic E-state index is 14.2. The lowest BCUT2D eigenvalue weighted by atomic mass is 9.64. The molecule has 3 heterocycles. The van der Waals surface area contributed by atoms with Crippen LogP contribution < -0.4 is 0 Å². The summed E-state index contributed by atoms with van der Waals surface area (Å²) in [5.74, 6) is -1.74. The van der Waals surface area contributed by atoms with Crippen LogP contribution in [0.5, 0.6) is 0 Å². The van der Waals surface area contributed by atoms with Crippen molar-refractivity contribution in [2.75, 3.05) is 39.3 Å². The number of carbonyl (C=O) groups excluding carboxylic acids is 3. The van der Waals surface area contributed by atoms with Crippen LogP contribution in [0.3, 0.4) is 0 Å². The number of rotatable bonds is 16. The van der Waals surface area contributed by atoms with Gasteiger partial charge in [-0.3, -0.25) is 14.4 Å². The van der Waals surface area contributed by atoms with Gasteiger partial charge in [0.25, 0.3) is 0 Å². The molecule has 208 valence electrons. The second-order valence-corrected chi connectivity index (χ2v) is 10.8. The van der Waals surface area contributed by atoms with Crippen LogP contribution in [-0.2, 0) is 19.1 Å². The van der Waals surface area contributed by atoms with Gasteiger partial charge in [-0.1, -0.05) is 45.8 Å². The van der Waals surface area contributed by atoms with Crippen molar-refractivity contribution in [3.05, 3.63) is 25.3 Å². The Bertz CT molecular complexity index is 862. The minimum atomic E-state index is -1.03. The molecule has 5 atom stereocenters. The first-order chi connectivity index (χ1) is 17.8. The second kappa shape index (κ2) is 12.6. The van der Waals surface area contributed by atoms with E-state index >= 15 is 0 Å². The van der Waals surface area contributed by atoms with Crippen molar-refractivity contribution in [1.29, 1.82) is 0 Å². The van der Waals surface area contributed by atoms with Crippen molar-refractivity contribution < 1.29 is 24.2 Å². The van der Waals surface area contributed by atoms with Gasteiger partial charge in [0.05, 0.1) is 17.4 Å². The Morgan fingerprint density at radius 3 is 2.27 bits per heavy atom. The van der Waals surface area contributed by atoms with Gasteiger partial charge in [-0.05, 0) is 38.5 Å². The summed E-state index contributed by atoms with van der Waals surface area (Å²) in [4.78, 5) is 47.6.